The molecule has 2 nitrogen and oxygen atoms in total. The summed E-state index contributed by atoms with van der Waals surface area (Å²) >= 11 is 13.7. The van der Waals surface area contributed by atoms with Gasteiger partial charge in [0.2, 0.25) is 0 Å². The topological polar surface area (TPSA) is 37.3 Å². The molecule has 0 bridgehead atoms. The molecule has 0 aromatic heterocycles. The monoisotopic (exact) mass is 318 g/mol. The van der Waals surface area contributed by atoms with Crippen molar-refractivity contribution in [2.45, 2.75) is 42.2 Å². The summed E-state index contributed by atoms with van der Waals surface area (Å²) in [6.45, 7) is 0. The molecule has 0 aliphatic heterocycles. The summed E-state index contributed by atoms with van der Waals surface area (Å²) in [7, 11) is 0. The molecule has 0 amide bonds. The third kappa shape index (κ3) is 4.04. The summed E-state index contributed by atoms with van der Waals surface area (Å²) in [4.78, 5) is 12.3. The average Bonchev–Trinajstić information content (AvgIpc) is 2.59. The van der Waals surface area contributed by atoms with Gasteiger partial charge in [-0.15, -0.1) is 11.8 Å². The van der Waals surface area contributed by atoms with Crippen LogP contribution in [0.25, 0.3) is 0 Å². The van der Waals surface area contributed by atoms with Crippen molar-refractivity contribution in [2.75, 3.05) is 0 Å². The van der Waals surface area contributed by atoms with Crippen LogP contribution in [-0.4, -0.2) is 16.3 Å². The van der Waals surface area contributed by atoms with Gasteiger partial charge in [-0.25, -0.2) is 0 Å². The maximum Gasteiger partial charge on any atom is 0.307 e. The highest BCUT2D eigenvalue weighted by atomic mass is 35.5. The van der Waals surface area contributed by atoms with Gasteiger partial charge in [0.1, 0.15) is 0 Å². The van der Waals surface area contributed by atoms with Crippen molar-refractivity contribution in [1.29, 1.82) is 0 Å². The molecule has 0 spiro atoms. The fourth-order valence-electron chi connectivity index (χ4n) is 2.43. The minimum absolute atomic E-state index is 0.0796. The van der Waals surface area contributed by atoms with Gasteiger partial charge in [0.05, 0.1) is 10.9 Å². The summed E-state index contributed by atoms with van der Waals surface area (Å²) in [6, 6.07) is 5.33. The van der Waals surface area contributed by atoms with Crippen LogP contribution in [-0.2, 0) is 4.79 Å². The molecule has 1 N–H and O–H groups in total. The average molecular weight is 319 g/mol. The predicted molar refractivity (Wildman–Crippen MR) is 80.3 cm³/mol. The van der Waals surface area contributed by atoms with E-state index in [0.717, 1.165) is 37.0 Å². The molecule has 104 valence electrons. The van der Waals surface area contributed by atoms with Gasteiger partial charge in [-0.3, -0.25) is 4.79 Å². The minimum Gasteiger partial charge on any atom is -0.481 e. The van der Waals surface area contributed by atoms with E-state index in [2.05, 4.69) is 0 Å². The number of rotatable bonds is 3. The van der Waals surface area contributed by atoms with Crippen molar-refractivity contribution in [2.24, 2.45) is 5.92 Å². The van der Waals surface area contributed by atoms with E-state index in [1.165, 1.54) is 0 Å². The van der Waals surface area contributed by atoms with E-state index in [4.69, 9.17) is 23.2 Å². The number of thioether (sulfide) groups is 1. The zero-order valence-electron chi connectivity index (χ0n) is 10.4. The van der Waals surface area contributed by atoms with Gasteiger partial charge < -0.3 is 5.11 Å². The molecule has 2 unspecified atom stereocenters. The predicted octanol–water partition coefficient (Wildman–Crippen LogP) is 5.12. The second kappa shape index (κ2) is 6.87. The maximum atomic E-state index is 11.4. The van der Waals surface area contributed by atoms with Crippen LogP contribution in [0, 0.1) is 5.92 Å². The Balaban J connectivity index is 2.18. The van der Waals surface area contributed by atoms with Crippen molar-refractivity contribution >= 4 is 40.9 Å². The van der Waals surface area contributed by atoms with Gasteiger partial charge in [-0.1, -0.05) is 42.5 Å². The number of hydrogen-bond donors (Lipinski definition) is 1. The number of carbonyl (C=O) groups is 1. The van der Waals surface area contributed by atoms with Gasteiger partial charge in [-0.2, -0.15) is 0 Å². The Morgan fingerprint density at radius 2 is 1.95 bits per heavy atom. The Bertz CT molecular complexity index is 465. The number of hydrogen-bond acceptors (Lipinski definition) is 2. The highest BCUT2D eigenvalue weighted by molar-refractivity contribution is 8.00. The van der Waals surface area contributed by atoms with Crippen molar-refractivity contribution < 1.29 is 9.90 Å². The summed E-state index contributed by atoms with van der Waals surface area (Å²) in [6.07, 6.45) is 4.87. The normalized spacial score (nSPS) is 23.9. The van der Waals surface area contributed by atoms with Crippen molar-refractivity contribution in [3.05, 3.63) is 28.2 Å². The summed E-state index contributed by atoms with van der Waals surface area (Å²) in [5.41, 5.74) is 0. The van der Waals surface area contributed by atoms with Gasteiger partial charge in [-0.05, 0) is 31.0 Å². The lowest BCUT2D eigenvalue weighted by Gasteiger charge is -2.21. The second-order valence-corrected chi connectivity index (χ2v) is 6.94. The molecule has 1 aromatic rings. The smallest absolute Gasteiger partial charge is 0.307 e. The number of carboxylic acid groups (broad SMARTS) is 1. The van der Waals surface area contributed by atoms with Crippen LogP contribution in [0.1, 0.15) is 32.1 Å². The summed E-state index contributed by atoms with van der Waals surface area (Å²) in [5.74, 6) is -0.986. The highest BCUT2D eigenvalue weighted by Gasteiger charge is 2.30. The molecule has 0 heterocycles. The molecular weight excluding hydrogens is 303 g/mol. The van der Waals surface area contributed by atoms with Crippen molar-refractivity contribution in [3.8, 4) is 0 Å². The zero-order valence-corrected chi connectivity index (χ0v) is 12.8. The van der Waals surface area contributed by atoms with Crippen LogP contribution in [0.3, 0.4) is 0 Å². The molecule has 0 radical (unpaired) electrons. The van der Waals surface area contributed by atoms with Gasteiger partial charge in [0.25, 0.3) is 0 Å². The first-order valence-electron chi connectivity index (χ1n) is 6.42. The molecule has 1 aliphatic carbocycles. The Morgan fingerprint density at radius 3 is 2.68 bits per heavy atom. The van der Waals surface area contributed by atoms with Crippen LogP contribution in [0.15, 0.2) is 23.1 Å². The molecule has 19 heavy (non-hydrogen) atoms. The van der Waals surface area contributed by atoms with E-state index >= 15 is 0 Å². The third-order valence-electron chi connectivity index (χ3n) is 3.44. The van der Waals surface area contributed by atoms with Crippen LogP contribution in [0.2, 0.25) is 10.0 Å². The molecule has 1 fully saturated rings. The first kappa shape index (κ1) is 15.0. The molecular formula is C14H16Cl2O2S. The molecule has 0 saturated heterocycles. The SMILES string of the molecule is O=C(O)C1CCCCCC1Sc1cc(Cl)ccc1Cl. The Hall–Kier alpha value is -0.380. The quantitative estimate of drug-likeness (QED) is 0.786. The molecule has 5 heteroatoms. The second-order valence-electron chi connectivity index (χ2n) is 4.81. The van der Waals surface area contributed by atoms with E-state index in [1.807, 2.05) is 6.07 Å². The number of carboxylic acids is 1. The standard InChI is InChI=1S/C14H16Cl2O2S/c15-9-6-7-11(16)13(8-9)19-12-5-3-1-2-4-10(12)14(17)18/h6-8,10,12H,1-5H2,(H,17,18). The van der Waals surface area contributed by atoms with Gasteiger partial charge in [0.15, 0.2) is 0 Å². The maximum absolute atomic E-state index is 11.4. The Labute approximate surface area is 127 Å². The van der Waals surface area contributed by atoms with Gasteiger partial charge >= 0.3 is 5.97 Å². The van der Waals surface area contributed by atoms with Gasteiger partial charge in [0, 0.05) is 15.2 Å². The largest absolute Gasteiger partial charge is 0.481 e. The molecule has 1 saturated carbocycles. The minimum atomic E-state index is -0.697. The van der Waals surface area contributed by atoms with Crippen LogP contribution in [0.4, 0.5) is 0 Å². The van der Waals surface area contributed by atoms with E-state index < -0.39 is 5.97 Å². The van der Waals surface area contributed by atoms with E-state index in [0.29, 0.717) is 10.0 Å². The lowest BCUT2D eigenvalue weighted by atomic mass is 10.0. The third-order valence-corrected chi connectivity index (χ3v) is 5.58. The van der Waals surface area contributed by atoms with Crippen LogP contribution < -0.4 is 0 Å². The Kier molecular flexibility index (Phi) is 5.43. The lowest BCUT2D eigenvalue weighted by Crippen LogP contribution is -2.24. The molecule has 2 atom stereocenters. The van der Waals surface area contributed by atoms with Crippen LogP contribution in [0.5, 0.6) is 0 Å². The highest BCUT2D eigenvalue weighted by Crippen LogP contribution is 2.40. The van der Waals surface area contributed by atoms with Crippen LogP contribution >= 0.6 is 35.0 Å². The fourth-order valence-corrected chi connectivity index (χ4v) is 4.32. The van der Waals surface area contributed by atoms with E-state index in [9.17, 15) is 9.90 Å². The summed E-state index contributed by atoms with van der Waals surface area (Å²) in [5, 5.41) is 10.7. The number of halogens is 2. The number of aliphatic carboxylic acids is 1. The lowest BCUT2D eigenvalue weighted by molar-refractivity contribution is -0.141. The molecule has 1 aliphatic rings. The summed E-state index contributed by atoms with van der Waals surface area (Å²) < 4.78 is 0. The number of benzene rings is 1. The van der Waals surface area contributed by atoms with Crippen molar-refractivity contribution in [3.63, 3.8) is 0 Å². The fraction of sp³-hybridized carbons (Fsp3) is 0.500. The van der Waals surface area contributed by atoms with E-state index in [-0.39, 0.29) is 11.2 Å². The van der Waals surface area contributed by atoms with Crippen molar-refractivity contribution in [1.82, 2.24) is 0 Å². The molecule has 2 rings (SSSR count). The Morgan fingerprint density at radius 1 is 1.21 bits per heavy atom. The van der Waals surface area contributed by atoms with E-state index in [1.54, 1.807) is 23.9 Å². The first-order chi connectivity index (χ1) is 9.08. The zero-order chi connectivity index (χ0) is 13.8. The first-order valence-corrected chi connectivity index (χ1v) is 8.06. The molecule has 1 aromatic carbocycles.